The third-order valence-electron chi connectivity index (χ3n) is 1.94. The van der Waals surface area contributed by atoms with E-state index in [1.807, 2.05) is 6.92 Å². The predicted octanol–water partition coefficient (Wildman–Crippen LogP) is 0.176. The van der Waals surface area contributed by atoms with Gasteiger partial charge in [0.25, 0.3) is 0 Å². The van der Waals surface area contributed by atoms with Crippen molar-refractivity contribution in [3.63, 3.8) is 0 Å². The highest BCUT2D eigenvalue weighted by Gasteiger charge is 2.25. The van der Waals surface area contributed by atoms with Crippen molar-refractivity contribution in [3.05, 3.63) is 0 Å². The molecule has 0 unspecified atom stereocenters. The molecule has 0 atom stereocenters. The second kappa shape index (κ2) is 5.94. The summed E-state index contributed by atoms with van der Waals surface area (Å²) in [6, 6.07) is 0. The molecule has 1 fully saturated rings. The van der Waals surface area contributed by atoms with Crippen LogP contribution in [0.4, 0.5) is 0 Å². The fraction of sp³-hybridized carbons (Fsp3) is 0.889. The van der Waals surface area contributed by atoms with Gasteiger partial charge in [0, 0.05) is 19.7 Å². The zero-order valence-electron chi connectivity index (χ0n) is 8.04. The molecule has 0 spiro atoms. The van der Waals surface area contributed by atoms with E-state index in [0.717, 1.165) is 26.1 Å². The van der Waals surface area contributed by atoms with Gasteiger partial charge in [-0.1, -0.05) is 6.92 Å². The zero-order valence-corrected chi connectivity index (χ0v) is 8.04. The van der Waals surface area contributed by atoms with Crippen molar-refractivity contribution in [2.75, 3.05) is 32.9 Å². The Hall–Kier alpha value is -0.610. The highest BCUT2D eigenvalue weighted by atomic mass is 16.6. The molecule has 1 saturated heterocycles. The monoisotopic (exact) mass is 187 g/mol. The Morgan fingerprint density at radius 1 is 1.38 bits per heavy atom. The molecule has 0 aliphatic carbocycles. The van der Waals surface area contributed by atoms with Gasteiger partial charge < -0.3 is 14.8 Å². The van der Waals surface area contributed by atoms with Gasteiger partial charge in [0.05, 0.1) is 12.5 Å². The Labute approximate surface area is 78.6 Å². The summed E-state index contributed by atoms with van der Waals surface area (Å²) >= 11 is 0. The number of nitrogens with one attached hydrogen (secondary N) is 1. The van der Waals surface area contributed by atoms with Gasteiger partial charge in [-0.05, 0) is 6.42 Å². The van der Waals surface area contributed by atoms with Crippen LogP contribution < -0.4 is 5.32 Å². The number of rotatable bonds is 6. The van der Waals surface area contributed by atoms with Crippen LogP contribution in [-0.2, 0) is 14.3 Å². The van der Waals surface area contributed by atoms with Crippen LogP contribution in [0.25, 0.3) is 0 Å². The SMILES string of the molecule is CCCOCCOC(=O)C1CNC1. The van der Waals surface area contributed by atoms with Crippen molar-refractivity contribution in [1.29, 1.82) is 0 Å². The third-order valence-corrected chi connectivity index (χ3v) is 1.94. The fourth-order valence-corrected chi connectivity index (χ4v) is 1.02. The molecule has 76 valence electrons. The highest BCUT2D eigenvalue weighted by molar-refractivity contribution is 5.73. The Morgan fingerprint density at radius 3 is 2.69 bits per heavy atom. The van der Waals surface area contributed by atoms with E-state index in [9.17, 15) is 4.79 Å². The lowest BCUT2D eigenvalue weighted by Crippen LogP contribution is -2.47. The average Bonchev–Trinajstić information content (AvgIpc) is 2.01. The van der Waals surface area contributed by atoms with E-state index in [-0.39, 0.29) is 11.9 Å². The van der Waals surface area contributed by atoms with Gasteiger partial charge >= 0.3 is 5.97 Å². The van der Waals surface area contributed by atoms with Crippen LogP contribution in [0.3, 0.4) is 0 Å². The summed E-state index contributed by atoms with van der Waals surface area (Å²) in [6.07, 6.45) is 1.00. The molecule has 1 rings (SSSR count). The predicted molar refractivity (Wildman–Crippen MR) is 48.4 cm³/mol. The highest BCUT2D eigenvalue weighted by Crippen LogP contribution is 2.04. The third kappa shape index (κ3) is 3.74. The number of carbonyl (C=O) groups is 1. The molecule has 0 aromatic heterocycles. The van der Waals surface area contributed by atoms with E-state index in [4.69, 9.17) is 9.47 Å². The summed E-state index contributed by atoms with van der Waals surface area (Å²) in [6.45, 7) is 5.20. The first-order chi connectivity index (χ1) is 6.34. The molecule has 13 heavy (non-hydrogen) atoms. The molecule has 4 heteroatoms. The standard InChI is InChI=1S/C9H17NO3/c1-2-3-12-4-5-13-9(11)8-6-10-7-8/h8,10H,2-7H2,1H3. The second-order valence-electron chi connectivity index (χ2n) is 3.14. The number of esters is 1. The smallest absolute Gasteiger partial charge is 0.311 e. The van der Waals surface area contributed by atoms with E-state index < -0.39 is 0 Å². The molecule has 0 aromatic carbocycles. The first-order valence-electron chi connectivity index (χ1n) is 4.79. The Kier molecular flexibility index (Phi) is 4.78. The number of carbonyl (C=O) groups excluding carboxylic acids is 1. The molecule has 0 radical (unpaired) electrons. The van der Waals surface area contributed by atoms with E-state index in [0.29, 0.717) is 13.2 Å². The zero-order chi connectivity index (χ0) is 9.52. The van der Waals surface area contributed by atoms with Crippen molar-refractivity contribution < 1.29 is 14.3 Å². The maximum Gasteiger partial charge on any atom is 0.311 e. The average molecular weight is 187 g/mol. The summed E-state index contributed by atoms with van der Waals surface area (Å²) in [5.41, 5.74) is 0. The lowest BCUT2D eigenvalue weighted by atomic mass is 10.0. The summed E-state index contributed by atoms with van der Waals surface area (Å²) < 4.78 is 10.2. The maximum atomic E-state index is 11.1. The first-order valence-corrected chi connectivity index (χ1v) is 4.79. The molecule has 0 saturated carbocycles. The van der Waals surface area contributed by atoms with Crippen molar-refractivity contribution in [2.24, 2.45) is 5.92 Å². The fourth-order valence-electron chi connectivity index (χ4n) is 1.02. The minimum Gasteiger partial charge on any atom is -0.463 e. The summed E-state index contributed by atoms with van der Waals surface area (Å²) in [7, 11) is 0. The normalized spacial score (nSPS) is 16.7. The lowest BCUT2D eigenvalue weighted by molar-refractivity contribution is -0.151. The quantitative estimate of drug-likeness (QED) is 0.476. The van der Waals surface area contributed by atoms with E-state index in [2.05, 4.69) is 5.32 Å². The van der Waals surface area contributed by atoms with Crippen LogP contribution >= 0.6 is 0 Å². The minimum absolute atomic E-state index is 0.0752. The molecular formula is C9H17NO3. The van der Waals surface area contributed by atoms with Gasteiger partial charge in [0.15, 0.2) is 0 Å². The topological polar surface area (TPSA) is 47.6 Å². The van der Waals surface area contributed by atoms with Crippen LogP contribution in [0, 0.1) is 5.92 Å². The van der Waals surface area contributed by atoms with Gasteiger partial charge in [0.1, 0.15) is 6.61 Å². The van der Waals surface area contributed by atoms with Gasteiger partial charge in [-0.15, -0.1) is 0 Å². The van der Waals surface area contributed by atoms with Crippen LogP contribution in [0.2, 0.25) is 0 Å². The Bertz CT molecular complexity index is 157. The minimum atomic E-state index is -0.0983. The Morgan fingerprint density at radius 2 is 2.15 bits per heavy atom. The molecular weight excluding hydrogens is 170 g/mol. The van der Waals surface area contributed by atoms with Gasteiger partial charge in [0.2, 0.25) is 0 Å². The molecule has 1 aliphatic rings. The number of hydrogen-bond acceptors (Lipinski definition) is 4. The van der Waals surface area contributed by atoms with Crippen molar-refractivity contribution >= 4 is 5.97 Å². The van der Waals surface area contributed by atoms with E-state index in [1.165, 1.54) is 0 Å². The first kappa shape index (κ1) is 10.5. The number of hydrogen-bond donors (Lipinski definition) is 1. The molecule has 0 bridgehead atoms. The Balaban J connectivity index is 1.89. The molecule has 0 aromatic rings. The second-order valence-corrected chi connectivity index (χ2v) is 3.14. The van der Waals surface area contributed by atoms with Crippen LogP contribution in [0.15, 0.2) is 0 Å². The molecule has 1 N–H and O–H groups in total. The van der Waals surface area contributed by atoms with Crippen molar-refractivity contribution in [1.82, 2.24) is 5.32 Å². The van der Waals surface area contributed by atoms with E-state index in [1.54, 1.807) is 0 Å². The van der Waals surface area contributed by atoms with E-state index >= 15 is 0 Å². The van der Waals surface area contributed by atoms with Crippen LogP contribution in [0.5, 0.6) is 0 Å². The maximum absolute atomic E-state index is 11.1. The summed E-state index contributed by atoms with van der Waals surface area (Å²) in [5.74, 6) is -0.0231. The molecule has 0 amide bonds. The van der Waals surface area contributed by atoms with Gasteiger partial charge in [-0.25, -0.2) is 0 Å². The number of ether oxygens (including phenoxy) is 2. The van der Waals surface area contributed by atoms with Gasteiger partial charge in [-0.3, -0.25) is 4.79 Å². The molecule has 4 nitrogen and oxygen atoms in total. The van der Waals surface area contributed by atoms with Crippen LogP contribution in [-0.4, -0.2) is 38.9 Å². The summed E-state index contributed by atoms with van der Waals surface area (Å²) in [5, 5.41) is 3.02. The van der Waals surface area contributed by atoms with Crippen LogP contribution in [0.1, 0.15) is 13.3 Å². The van der Waals surface area contributed by atoms with Crippen molar-refractivity contribution in [3.8, 4) is 0 Å². The lowest BCUT2D eigenvalue weighted by Gasteiger charge is -2.24. The molecule has 1 aliphatic heterocycles. The largest absolute Gasteiger partial charge is 0.463 e. The van der Waals surface area contributed by atoms with Crippen molar-refractivity contribution in [2.45, 2.75) is 13.3 Å². The van der Waals surface area contributed by atoms with Gasteiger partial charge in [-0.2, -0.15) is 0 Å². The molecule has 1 heterocycles. The summed E-state index contributed by atoms with van der Waals surface area (Å²) in [4.78, 5) is 11.1.